The molecule has 17 heavy (non-hydrogen) atoms. The third kappa shape index (κ3) is 7.20. The van der Waals surface area contributed by atoms with Crippen molar-refractivity contribution in [2.75, 3.05) is 13.1 Å². The van der Waals surface area contributed by atoms with Crippen molar-refractivity contribution in [1.82, 2.24) is 10.6 Å². The molecule has 0 heterocycles. The van der Waals surface area contributed by atoms with E-state index in [0.717, 1.165) is 18.8 Å². The summed E-state index contributed by atoms with van der Waals surface area (Å²) in [5, 5.41) is 4.84. The summed E-state index contributed by atoms with van der Waals surface area (Å²) >= 11 is 0. The van der Waals surface area contributed by atoms with Crippen molar-refractivity contribution in [3.05, 3.63) is 0 Å². The molecule has 2 N–H and O–H groups in total. The van der Waals surface area contributed by atoms with E-state index < -0.39 is 18.6 Å². The molecule has 1 aliphatic carbocycles. The monoisotopic (exact) mass is 252 g/mol. The number of hydrogen-bond donors (Lipinski definition) is 2. The van der Waals surface area contributed by atoms with Crippen molar-refractivity contribution >= 4 is 5.91 Å². The second kappa shape index (κ2) is 6.23. The van der Waals surface area contributed by atoms with Gasteiger partial charge in [0.25, 0.3) is 0 Å². The van der Waals surface area contributed by atoms with Crippen molar-refractivity contribution in [2.24, 2.45) is 5.92 Å². The summed E-state index contributed by atoms with van der Waals surface area (Å²) in [6.07, 6.45) is 0.0385. The highest BCUT2D eigenvalue weighted by Crippen LogP contribution is 2.33. The molecule has 0 radical (unpaired) electrons. The molecule has 0 aliphatic heterocycles. The maximum Gasteiger partial charge on any atom is 0.405 e. The van der Waals surface area contributed by atoms with Gasteiger partial charge in [-0.15, -0.1) is 0 Å². The zero-order valence-electron chi connectivity index (χ0n) is 9.94. The predicted molar refractivity (Wildman–Crippen MR) is 58.5 cm³/mol. The van der Waals surface area contributed by atoms with Crippen LogP contribution in [0.5, 0.6) is 0 Å². The zero-order chi connectivity index (χ0) is 12.9. The van der Waals surface area contributed by atoms with Gasteiger partial charge in [-0.25, -0.2) is 0 Å². The summed E-state index contributed by atoms with van der Waals surface area (Å²) in [5.41, 5.74) is 0. The Hall–Kier alpha value is -0.780. The lowest BCUT2D eigenvalue weighted by Gasteiger charge is -2.16. The number of amides is 1. The Morgan fingerprint density at radius 1 is 1.41 bits per heavy atom. The highest BCUT2D eigenvalue weighted by molar-refractivity contribution is 5.78. The van der Waals surface area contributed by atoms with Crippen LogP contribution in [-0.2, 0) is 4.79 Å². The van der Waals surface area contributed by atoms with E-state index in [9.17, 15) is 18.0 Å². The minimum atomic E-state index is -4.34. The van der Waals surface area contributed by atoms with Crippen molar-refractivity contribution < 1.29 is 18.0 Å². The number of carbonyl (C=O) groups is 1. The molecule has 3 nitrogen and oxygen atoms in total. The molecule has 1 fully saturated rings. The summed E-state index contributed by atoms with van der Waals surface area (Å²) in [5.74, 6) is 0.141. The van der Waals surface area contributed by atoms with Gasteiger partial charge in [0.15, 0.2) is 0 Å². The van der Waals surface area contributed by atoms with Crippen molar-refractivity contribution in [3.63, 3.8) is 0 Å². The normalized spacial score (nSPS) is 17.9. The summed E-state index contributed by atoms with van der Waals surface area (Å²) in [7, 11) is 0. The lowest BCUT2D eigenvalue weighted by Crippen LogP contribution is -2.42. The van der Waals surface area contributed by atoms with Gasteiger partial charge < -0.3 is 10.6 Å². The van der Waals surface area contributed by atoms with Gasteiger partial charge in [0.05, 0.1) is 6.54 Å². The molecule has 1 amide bonds. The smallest absolute Gasteiger partial charge is 0.346 e. The van der Waals surface area contributed by atoms with Crippen molar-refractivity contribution in [3.8, 4) is 0 Å². The number of hydrogen-bond acceptors (Lipinski definition) is 2. The van der Waals surface area contributed by atoms with Gasteiger partial charge in [0, 0.05) is 6.04 Å². The van der Waals surface area contributed by atoms with E-state index in [-0.39, 0.29) is 12.6 Å². The van der Waals surface area contributed by atoms with Gasteiger partial charge in [-0.3, -0.25) is 4.79 Å². The van der Waals surface area contributed by atoms with E-state index in [1.165, 1.54) is 12.8 Å². The topological polar surface area (TPSA) is 41.1 Å². The highest BCUT2D eigenvalue weighted by Gasteiger charge is 2.28. The average molecular weight is 252 g/mol. The van der Waals surface area contributed by atoms with Crippen LogP contribution >= 0.6 is 0 Å². The fourth-order valence-corrected chi connectivity index (χ4v) is 1.65. The first-order valence-electron chi connectivity index (χ1n) is 5.97. The second-order valence-corrected chi connectivity index (χ2v) is 4.56. The average Bonchev–Trinajstić information content (AvgIpc) is 3.04. The lowest BCUT2D eigenvalue weighted by atomic mass is 10.1. The largest absolute Gasteiger partial charge is 0.405 e. The van der Waals surface area contributed by atoms with Crippen LogP contribution < -0.4 is 10.6 Å². The molecule has 0 saturated heterocycles. The van der Waals surface area contributed by atoms with E-state index in [1.54, 1.807) is 0 Å². The van der Waals surface area contributed by atoms with E-state index in [4.69, 9.17) is 0 Å². The number of carbonyl (C=O) groups excluding carboxylic acids is 1. The lowest BCUT2D eigenvalue weighted by molar-refractivity contribution is -0.137. The Balaban J connectivity index is 2.12. The molecular formula is C11H19F3N2O. The third-order valence-corrected chi connectivity index (χ3v) is 2.84. The first kappa shape index (κ1) is 14.3. The van der Waals surface area contributed by atoms with Crippen LogP contribution in [0.1, 0.15) is 32.6 Å². The Bertz CT molecular complexity index is 252. The molecule has 0 aromatic rings. The predicted octanol–water partition coefficient (Wildman–Crippen LogP) is 1.83. The third-order valence-electron chi connectivity index (χ3n) is 2.84. The molecule has 0 aromatic carbocycles. The first-order chi connectivity index (χ1) is 7.90. The van der Waals surface area contributed by atoms with E-state index in [1.807, 2.05) is 12.2 Å². The second-order valence-electron chi connectivity index (χ2n) is 4.56. The molecule has 1 aliphatic rings. The van der Waals surface area contributed by atoms with E-state index in [0.29, 0.717) is 0 Å². The molecular weight excluding hydrogens is 233 g/mol. The maximum atomic E-state index is 11.8. The van der Waals surface area contributed by atoms with Crippen LogP contribution in [0, 0.1) is 5.92 Å². The maximum absolute atomic E-state index is 11.8. The van der Waals surface area contributed by atoms with Crippen molar-refractivity contribution in [2.45, 2.75) is 44.8 Å². The van der Waals surface area contributed by atoms with Crippen LogP contribution in [0.4, 0.5) is 13.2 Å². The fourth-order valence-electron chi connectivity index (χ4n) is 1.65. The summed E-state index contributed by atoms with van der Waals surface area (Å²) in [4.78, 5) is 11.1. The number of rotatable bonds is 7. The van der Waals surface area contributed by atoms with Gasteiger partial charge in [-0.1, -0.05) is 19.8 Å². The van der Waals surface area contributed by atoms with Crippen LogP contribution in [0.15, 0.2) is 0 Å². The minimum absolute atomic E-state index is 0.0404. The molecule has 1 saturated carbocycles. The van der Waals surface area contributed by atoms with Gasteiger partial charge >= 0.3 is 6.18 Å². The fraction of sp³-hybridized carbons (Fsp3) is 0.909. The molecule has 0 spiro atoms. The molecule has 0 aromatic heterocycles. The zero-order valence-corrected chi connectivity index (χ0v) is 9.94. The molecule has 6 heteroatoms. The van der Waals surface area contributed by atoms with Crippen LogP contribution in [0.2, 0.25) is 0 Å². The Labute approximate surface area is 99.1 Å². The molecule has 1 atom stereocenters. The Morgan fingerprint density at radius 2 is 2.06 bits per heavy atom. The summed E-state index contributed by atoms with van der Waals surface area (Å²) < 4.78 is 35.5. The number of halogens is 3. The van der Waals surface area contributed by atoms with Crippen molar-refractivity contribution in [1.29, 1.82) is 0 Å². The quantitative estimate of drug-likeness (QED) is 0.726. The van der Waals surface area contributed by atoms with Gasteiger partial charge in [0.2, 0.25) is 5.91 Å². The van der Waals surface area contributed by atoms with Crippen LogP contribution in [0.25, 0.3) is 0 Å². The molecule has 100 valence electrons. The SMILES string of the molecule is CCC(CC1CC1)NCC(=O)NCC(F)(F)F. The molecule has 1 unspecified atom stereocenters. The number of nitrogens with one attached hydrogen (secondary N) is 2. The summed E-state index contributed by atoms with van der Waals surface area (Å²) in [6.45, 7) is 0.710. The molecule has 0 bridgehead atoms. The minimum Gasteiger partial charge on any atom is -0.346 e. The van der Waals surface area contributed by atoms with Crippen LogP contribution in [0.3, 0.4) is 0 Å². The standard InChI is InChI=1S/C11H19F3N2O/c1-2-9(5-8-3-4-8)15-6-10(17)16-7-11(12,13)14/h8-9,15H,2-7H2,1H3,(H,16,17). The van der Waals surface area contributed by atoms with E-state index >= 15 is 0 Å². The van der Waals surface area contributed by atoms with Crippen LogP contribution in [-0.4, -0.2) is 31.2 Å². The molecule has 1 rings (SSSR count). The van der Waals surface area contributed by atoms with Gasteiger partial charge in [0.1, 0.15) is 6.54 Å². The Morgan fingerprint density at radius 3 is 2.53 bits per heavy atom. The van der Waals surface area contributed by atoms with Gasteiger partial charge in [-0.2, -0.15) is 13.2 Å². The Kier molecular flexibility index (Phi) is 5.24. The summed E-state index contributed by atoms with van der Waals surface area (Å²) in [6, 6.07) is 0.235. The highest BCUT2D eigenvalue weighted by atomic mass is 19.4. The van der Waals surface area contributed by atoms with E-state index in [2.05, 4.69) is 5.32 Å². The van der Waals surface area contributed by atoms with Gasteiger partial charge in [-0.05, 0) is 18.8 Å². The number of alkyl halides is 3. The first-order valence-corrected chi connectivity index (χ1v) is 5.97.